The minimum atomic E-state index is -0.184. The van der Waals surface area contributed by atoms with E-state index >= 15 is 0 Å². The Morgan fingerprint density at radius 3 is 2.43 bits per heavy atom. The second-order valence-corrected chi connectivity index (χ2v) is 8.52. The van der Waals surface area contributed by atoms with Gasteiger partial charge in [0.05, 0.1) is 23.5 Å². The summed E-state index contributed by atoms with van der Waals surface area (Å²) in [4.78, 5) is 9.73. The smallest absolute Gasteiger partial charge is 0.124 e. The summed E-state index contributed by atoms with van der Waals surface area (Å²) < 4.78 is 0. The van der Waals surface area contributed by atoms with Crippen molar-refractivity contribution in [2.45, 2.75) is 27.3 Å². The Morgan fingerprint density at radius 1 is 0.867 bits per heavy atom. The van der Waals surface area contributed by atoms with Gasteiger partial charge in [0, 0.05) is 21.9 Å². The van der Waals surface area contributed by atoms with Crippen LogP contribution >= 0.6 is 0 Å². The molecule has 1 aromatic heterocycles. The van der Waals surface area contributed by atoms with Gasteiger partial charge < -0.3 is 5.11 Å². The number of fused-ring (bicyclic) bond motifs is 1. The first kappa shape index (κ1) is 19.8. The molecule has 0 saturated heterocycles. The van der Waals surface area contributed by atoms with Gasteiger partial charge in [-0.2, -0.15) is 0 Å². The third-order valence-electron chi connectivity index (χ3n) is 5.11. The van der Waals surface area contributed by atoms with Gasteiger partial charge in [-0.05, 0) is 35.9 Å². The maximum atomic E-state index is 10.3. The number of hydrogen-bond donors (Lipinski definition) is 1. The van der Waals surface area contributed by atoms with E-state index in [1.807, 2.05) is 42.5 Å². The molecule has 4 rings (SSSR count). The van der Waals surface area contributed by atoms with E-state index < -0.39 is 0 Å². The van der Waals surface area contributed by atoms with Crippen molar-refractivity contribution >= 4 is 16.6 Å². The average Bonchev–Trinajstić information content (AvgIpc) is 2.74. The normalized spacial score (nSPS) is 12.3. The molecule has 150 valence electrons. The molecule has 0 aliphatic rings. The summed E-state index contributed by atoms with van der Waals surface area (Å²) in [7, 11) is 0. The molecule has 3 nitrogen and oxygen atoms in total. The van der Waals surface area contributed by atoms with E-state index in [0.29, 0.717) is 6.54 Å². The topological polar surface area (TPSA) is 45.5 Å². The molecule has 0 unspecified atom stereocenters. The minimum absolute atomic E-state index is 0.184. The first-order valence-corrected chi connectivity index (χ1v) is 10.2. The zero-order valence-electron chi connectivity index (χ0n) is 17.6. The lowest BCUT2D eigenvalue weighted by atomic mass is 9.85. The molecule has 3 aromatic carbocycles. The summed E-state index contributed by atoms with van der Waals surface area (Å²) >= 11 is 0. The van der Waals surface area contributed by atoms with Gasteiger partial charge in [-0.15, -0.1) is 0 Å². The van der Waals surface area contributed by atoms with Gasteiger partial charge in [-0.3, -0.25) is 4.99 Å². The fourth-order valence-electron chi connectivity index (χ4n) is 3.63. The van der Waals surface area contributed by atoms with E-state index in [2.05, 4.69) is 57.2 Å². The molecule has 3 heteroatoms. The molecule has 0 atom stereocenters. The SMILES string of the molecule is CC(C)(C)C(=NCc1cccc(-c2ccc3ccccc3n2)c1)c1ccccc1O. The summed E-state index contributed by atoms with van der Waals surface area (Å²) in [5, 5.41) is 11.5. The number of aromatic nitrogens is 1. The standard InChI is InChI=1S/C27H26N2O/c1-27(2,3)26(22-12-5-7-14-25(22)30)28-18-19-9-8-11-21(17-19)24-16-15-20-10-4-6-13-23(20)29-24/h4-17,30H,18H2,1-3H3. The number of para-hydroxylation sites is 2. The number of phenolic OH excluding ortho intramolecular Hbond substituents is 1. The molecular formula is C27H26N2O. The molecule has 0 radical (unpaired) electrons. The largest absolute Gasteiger partial charge is 0.507 e. The summed E-state index contributed by atoms with van der Waals surface area (Å²) in [6.07, 6.45) is 0. The number of aliphatic imine (C=N–C) groups is 1. The third kappa shape index (κ3) is 4.25. The van der Waals surface area contributed by atoms with Gasteiger partial charge in [0.1, 0.15) is 5.75 Å². The molecule has 0 bridgehead atoms. The van der Waals surface area contributed by atoms with Crippen LogP contribution in [0.4, 0.5) is 0 Å². The summed E-state index contributed by atoms with van der Waals surface area (Å²) in [6.45, 7) is 6.90. The monoisotopic (exact) mass is 394 g/mol. The van der Waals surface area contributed by atoms with E-state index in [4.69, 9.17) is 9.98 Å². The summed E-state index contributed by atoms with van der Waals surface area (Å²) in [6, 6.07) is 28.1. The molecule has 0 amide bonds. The zero-order chi connectivity index (χ0) is 21.1. The maximum absolute atomic E-state index is 10.3. The highest BCUT2D eigenvalue weighted by molar-refractivity contribution is 6.06. The molecule has 0 aliphatic carbocycles. The number of pyridine rings is 1. The number of rotatable bonds is 4. The van der Waals surface area contributed by atoms with Gasteiger partial charge in [0.15, 0.2) is 0 Å². The molecule has 1 heterocycles. The molecule has 0 fully saturated rings. The first-order chi connectivity index (χ1) is 14.4. The molecule has 1 N–H and O–H groups in total. The Hall–Kier alpha value is -3.46. The Balaban J connectivity index is 1.67. The Bertz CT molecular complexity index is 1220. The van der Waals surface area contributed by atoms with Gasteiger partial charge in [0.2, 0.25) is 0 Å². The van der Waals surface area contributed by atoms with Crippen molar-refractivity contribution < 1.29 is 5.11 Å². The molecular weight excluding hydrogens is 368 g/mol. The van der Waals surface area contributed by atoms with Crippen molar-refractivity contribution in [1.29, 1.82) is 0 Å². The summed E-state index contributed by atoms with van der Waals surface area (Å²) in [5.74, 6) is 0.264. The van der Waals surface area contributed by atoms with Gasteiger partial charge in [-0.1, -0.05) is 75.4 Å². The first-order valence-electron chi connectivity index (χ1n) is 10.2. The van der Waals surface area contributed by atoms with Crippen LogP contribution < -0.4 is 0 Å². The highest BCUT2D eigenvalue weighted by atomic mass is 16.3. The van der Waals surface area contributed by atoms with Crippen LogP contribution in [0.25, 0.3) is 22.2 Å². The number of phenols is 1. The second kappa shape index (κ2) is 8.11. The summed E-state index contributed by atoms with van der Waals surface area (Å²) in [5.41, 5.74) is 5.64. The minimum Gasteiger partial charge on any atom is -0.507 e. The fourth-order valence-corrected chi connectivity index (χ4v) is 3.63. The lowest BCUT2D eigenvalue weighted by Gasteiger charge is -2.23. The Morgan fingerprint density at radius 2 is 1.63 bits per heavy atom. The van der Waals surface area contributed by atoms with Crippen LogP contribution in [0.15, 0.2) is 89.9 Å². The van der Waals surface area contributed by atoms with Crippen molar-refractivity contribution in [1.82, 2.24) is 4.98 Å². The van der Waals surface area contributed by atoms with E-state index in [1.54, 1.807) is 6.07 Å². The van der Waals surface area contributed by atoms with E-state index in [9.17, 15) is 5.11 Å². The van der Waals surface area contributed by atoms with Crippen molar-refractivity contribution in [3.63, 3.8) is 0 Å². The van der Waals surface area contributed by atoms with Gasteiger partial charge >= 0.3 is 0 Å². The van der Waals surface area contributed by atoms with Crippen molar-refractivity contribution in [2.24, 2.45) is 10.4 Å². The van der Waals surface area contributed by atoms with Crippen LogP contribution in [0.2, 0.25) is 0 Å². The lowest BCUT2D eigenvalue weighted by Crippen LogP contribution is -2.22. The van der Waals surface area contributed by atoms with Crippen LogP contribution in [0.3, 0.4) is 0 Å². The van der Waals surface area contributed by atoms with Crippen LogP contribution in [-0.4, -0.2) is 15.8 Å². The van der Waals surface area contributed by atoms with Crippen molar-refractivity contribution in [3.8, 4) is 17.0 Å². The quantitative estimate of drug-likeness (QED) is 0.394. The van der Waals surface area contributed by atoms with E-state index in [0.717, 1.165) is 39.0 Å². The van der Waals surface area contributed by atoms with Crippen LogP contribution in [0.1, 0.15) is 31.9 Å². The van der Waals surface area contributed by atoms with Crippen molar-refractivity contribution in [3.05, 3.63) is 96.1 Å². The molecule has 4 aromatic rings. The average molecular weight is 395 g/mol. The molecule has 0 saturated carbocycles. The number of aromatic hydroxyl groups is 1. The van der Waals surface area contributed by atoms with Crippen LogP contribution in [0, 0.1) is 5.41 Å². The van der Waals surface area contributed by atoms with E-state index in [1.165, 1.54) is 0 Å². The number of hydrogen-bond acceptors (Lipinski definition) is 3. The Labute approximate surface area is 177 Å². The van der Waals surface area contributed by atoms with Gasteiger partial charge in [-0.25, -0.2) is 4.98 Å². The molecule has 0 spiro atoms. The lowest BCUT2D eigenvalue weighted by molar-refractivity contribution is 0.471. The van der Waals surface area contributed by atoms with E-state index in [-0.39, 0.29) is 11.2 Å². The fraction of sp³-hybridized carbons (Fsp3) is 0.185. The highest BCUT2D eigenvalue weighted by Gasteiger charge is 2.22. The number of nitrogens with zero attached hydrogens (tertiary/aromatic N) is 2. The highest BCUT2D eigenvalue weighted by Crippen LogP contribution is 2.28. The predicted molar refractivity (Wildman–Crippen MR) is 125 cm³/mol. The Kier molecular flexibility index (Phi) is 5.37. The predicted octanol–water partition coefficient (Wildman–Crippen LogP) is 6.64. The van der Waals surface area contributed by atoms with Crippen LogP contribution in [0.5, 0.6) is 5.75 Å². The number of benzene rings is 3. The maximum Gasteiger partial charge on any atom is 0.124 e. The van der Waals surface area contributed by atoms with Crippen LogP contribution in [-0.2, 0) is 6.54 Å². The van der Waals surface area contributed by atoms with Crippen molar-refractivity contribution in [2.75, 3.05) is 0 Å². The third-order valence-corrected chi connectivity index (χ3v) is 5.11. The molecule has 30 heavy (non-hydrogen) atoms. The molecule has 0 aliphatic heterocycles. The van der Waals surface area contributed by atoms with Gasteiger partial charge in [0.25, 0.3) is 0 Å². The zero-order valence-corrected chi connectivity index (χ0v) is 17.6. The second-order valence-electron chi connectivity index (χ2n) is 8.52.